The first-order valence-corrected chi connectivity index (χ1v) is 9.24. The molecule has 5 aromatic rings. The molecule has 0 bridgehead atoms. The zero-order chi connectivity index (χ0) is 19.1. The first-order chi connectivity index (χ1) is 13.7. The first-order valence-electron chi connectivity index (χ1n) is 9.24. The summed E-state index contributed by atoms with van der Waals surface area (Å²) in [6.45, 7) is 2.09. The van der Waals surface area contributed by atoms with Gasteiger partial charge in [0.1, 0.15) is 0 Å². The van der Waals surface area contributed by atoms with Crippen molar-refractivity contribution >= 4 is 30.0 Å². The van der Waals surface area contributed by atoms with Gasteiger partial charge in [0.2, 0.25) is 0 Å². The topological polar surface area (TPSA) is 29.7 Å². The van der Waals surface area contributed by atoms with E-state index in [-0.39, 0.29) is 41.1 Å². The summed E-state index contributed by atoms with van der Waals surface area (Å²) >= 11 is 0. The molecule has 4 radical (unpaired) electrons. The molecular formula is C25H18BN3Y-. The maximum Gasteiger partial charge on any atom is 0.308 e. The molecule has 0 spiro atoms. The summed E-state index contributed by atoms with van der Waals surface area (Å²) in [5.74, 6) is 0. The van der Waals surface area contributed by atoms with Crippen molar-refractivity contribution in [2.75, 3.05) is 0 Å². The van der Waals surface area contributed by atoms with Crippen LogP contribution in [-0.2, 0) is 39.8 Å². The van der Waals surface area contributed by atoms with Crippen LogP contribution in [0.5, 0.6) is 0 Å². The summed E-state index contributed by atoms with van der Waals surface area (Å²) in [6.07, 6.45) is 3.49. The molecule has 4 aromatic carbocycles. The largest absolute Gasteiger partial charge is 0.308 e. The molecule has 0 unspecified atom stereocenters. The van der Waals surface area contributed by atoms with Gasteiger partial charge in [0.05, 0.1) is 24.0 Å². The quantitative estimate of drug-likeness (QED) is 0.169. The third kappa shape index (κ3) is 3.95. The van der Waals surface area contributed by atoms with E-state index >= 15 is 0 Å². The third-order valence-electron chi connectivity index (χ3n) is 5.20. The molecule has 0 aliphatic carbocycles. The molecule has 140 valence electrons. The number of fused-ring (bicyclic) bond motifs is 3. The van der Waals surface area contributed by atoms with Gasteiger partial charge >= 0.3 is 6.33 Å². The van der Waals surface area contributed by atoms with E-state index in [4.69, 9.17) is 0 Å². The van der Waals surface area contributed by atoms with Crippen molar-refractivity contribution < 1.29 is 37.3 Å². The van der Waals surface area contributed by atoms with E-state index < -0.39 is 0 Å². The van der Waals surface area contributed by atoms with Gasteiger partial charge in [0.15, 0.2) is 0 Å². The Kier molecular flexibility index (Phi) is 6.80. The minimum Gasteiger partial charge on any atom is -0.262 e. The maximum atomic E-state index is 4.04. The summed E-state index contributed by atoms with van der Waals surface area (Å²) in [7, 11) is 1.97. The molecular weight excluding hydrogens is 442 g/mol. The number of hydrogen-bond acceptors (Lipinski definition) is 2. The molecule has 1 aromatic heterocycles. The van der Waals surface area contributed by atoms with E-state index in [0.29, 0.717) is 0 Å². The van der Waals surface area contributed by atoms with E-state index in [1.54, 1.807) is 12.5 Å². The van der Waals surface area contributed by atoms with Crippen molar-refractivity contribution in [3.05, 3.63) is 90.9 Å². The minimum atomic E-state index is 0. The van der Waals surface area contributed by atoms with Crippen LogP contribution in [0, 0.1) is 19.1 Å². The second-order valence-electron chi connectivity index (χ2n) is 7.02. The monoisotopic (exact) mass is 460 g/mol. The van der Waals surface area contributed by atoms with Crippen molar-refractivity contribution in [3.8, 4) is 22.4 Å². The summed E-state index contributed by atoms with van der Waals surface area (Å²) < 4.78 is 1.97. The normalized spacial score (nSPS) is 10.5. The van der Waals surface area contributed by atoms with E-state index in [1.165, 1.54) is 16.2 Å². The molecule has 30 heavy (non-hydrogen) atoms. The van der Waals surface area contributed by atoms with Crippen molar-refractivity contribution in [3.63, 3.8) is 0 Å². The van der Waals surface area contributed by atoms with Crippen molar-refractivity contribution in [1.82, 2.24) is 10.2 Å². The Morgan fingerprint density at radius 1 is 0.800 bits per heavy atom. The van der Waals surface area contributed by atoms with Gasteiger partial charge in [-0.05, 0) is 5.10 Å². The molecule has 0 saturated heterocycles. The molecule has 0 aliphatic heterocycles. The zero-order valence-electron chi connectivity index (χ0n) is 16.9. The van der Waals surface area contributed by atoms with E-state index in [1.807, 2.05) is 11.6 Å². The van der Waals surface area contributed by atoms with Crippen LogP contribution in [0.1, 0.15) is 5.56 Å². The van der Waals surface area contributed by atoms with Crippen LogP contribution < -0.4 is 4.57 Å². The fourth-order valence-corrected chi connectivity index (χ4v) is 3.65. The van der Waals surface area contributed by atoms with Gasteiger partial charge in [-0.15, -0.1) is 23.1 Å². The number of rotatable bonds is 2. The SMILES string of the molecule is Cc1ccc(-c2[c-]c3c(cc2)ccc2ccccc23)[c-]c1-c1cnnc[n+]1C.[B].[Y]. The van der Waals surface area contributed by atoms with Crippen LogP contribution in [-0.4, -0.2) is 18.6 Å². The molecule has 0 N–H and O–H groups in total. The van der Waals surface area contributed by atoms with Crippen molar-refractivity contribution in [2.45, 2.75) is 6.92 Å². The van der Waals surface area contributed by atoms with E-state index in [2.05, 4.69) is 89.9 Å². The summed E-state index contributed by atoms with van der Waals surface area (Å²) in [6, 6.07) is 28.5. The summed E-state index contributed by atoms with van der Waals surface area (Å²) in [5.41, 5.74) is 5.22. The number of nitrogens with zero attached hydrogens (tertiary/aromatic N) is 3. The molecule has 5 heteroatoms. The van der Waals surface area contributed by atoms with Gasteiger partial charge in [0.25, 0.3) is 0 Å². The molecule has 0 saturated carbocycles. The average molecular weight is 460 g/mol. The number of aromatic nitrogens is 3. The number of hydrogen-bond donors (Lipinski definition) is 0. The smallest absolute Gasteiger partial charge is 0.262 e. The molecule has 5 rings (SSSR count). The van der Waals surface area contributed by atoms with Gasteiger partial charge in [-0.2, -0.15) is 35.4 Å². The summed E-state index contributed by atoms with van der Waals surface area (Å²) in [5, 5.41) is 12.8. The van der Waals surface area contributed by atoms with Gasteiger partial charge in [-0.3, -0.25) is 4.57 Å². The fourth-order valence-electron chi connectivity index (χ4n) is 3.65. The van der Waals surface area contributed by atoms with Gasteiger partial charge < -0.3 is 0 Å². The second-order valence-corrected chi connectivity index (χ2v) is 7.02. The number of benzene rings is 4. The predicted molar refractivity (Wildman–Crippen MR) is 117 cm³/mol. The zero-order valence-corrected chi connectivity index (χ0v) is 19.8. The third-order valence-corrected chi connectivity index (χ3v) is 5.20. The van der Waals surface area contributed by atoms with Crippen LogP contribution in [0.25, 0.3) is 43.9 Å². The Labute approximate surface area is 203 Å². The molecule has 3 nitrogen and oxygen atoms in total. The van der Waals surface area contributed by atoms with Crippen LogP contribution in [0.15, 0.2) is 73.2 Å². The first kappa shape index (κ1) is 22.3. The molecule has 0 amide bonds. The van der Waals surface area contributed by atoms with Crippen LogP contribution in [0.4, 0.5) is 0 Å². The van der Waals surface area contributed by atoms with Crippen molar-refractivity contribution in [2.24, 2.45) is 7.05 Å². The Bertz CT molecular complexity index is 1350. The molecule has 1 heterocycles. The van der Waals surface area contributed by atoms with Crippen molar-refractivity contribution in [1.29, 1.82) is 0 Å². The van der Waals surface area contributed by atoms with Gasteiger partial charge in [0, 0.05) is 41.1 Å². The average Bonchev–Trinajstić information content (AvgIpc) is 2.74. The minimum absolute atomic E-state index is 0. The predicted octanol–water partition coefficient (Wildman–Crippen LogP) is 4.47. The Balaban J connectivity index is 0.00000128. The summed E-state index contributed by atoms with van der Waals surface area (Å²) in [4.78, 5) is 0. The molecule has 0 fully saturated rings. The Hall–Kier alpha value is -2.42. The molecule has 0 aliphatic rings. The van der Waals surface area contributed by atoms with E-state index in [0.717, 1.165) is 33.3 Å². The van der Waals surface area contributed by atoms with Crippen LogP contribution >= 0.6 is 0 Å². The van der Waals surface area contributed by atoms with Gasteiger partial charge in [-0.1, -0.05) is 65.0 Å². The van der Waals surface area contributed by atoms with Crippen LogP contribution in [0.2, 0.25) is 0 Å². The molecule has 0 atom stereocenters. The fraction of sp³-hybridized carbons (Fsp3) is 0.0800. The van der Waals surface area contributed by atoms with E-state index in [9.17, 15) is 0 Å². The number of aryl methyl sites for hydroxylation is 2. The Morgan fingerprint density at radius 2 is 1.50 bits per heavy atom. The maximum absolute atomic E-state index is 4.04. The Morgan fingerprint density at radius 3 is 2.33 bits per heavy atom. The van der Waals surface area contributed by atoms with Gasteiger partial charge in [-0.25, -0.2) is 0 Å². The van der Waals surface area contributed by atoms with Crippen LogP contribution in [0.3, 0.4) is 0 Å². The standard InChI is InChI=1S/C25H18N3.B.Y/c1-17-7-8-20(13-23(17)25-15-26-27-16-28(25)2)21-12-11-19-10-9-18-5-3-4-6-22(18)24(19)14-21;;/h3-12,15-16H,1-2H3;;/q-1;;. The second kappa shape index (κ2) is 9.16.